The van der Waals surface area contributed by atoms with E-state index in [-0.39, 0.29) is 35.4 Å². The first-order valence-electron chi connectivity index (χ1n) is 7.35. The fraction of sp³-hybridized carbons (Fsp3) is 0.375. The van der Waals surface area contributed by atoms with E-state index in [0.29, 0.717) is 6.42 Å². The molecular weight excluding hydrogens is 304 g/mol. The van der Waals surface area contributed by atoms with Crippen LogP contribution in [0.15, 0.2) is 24.4 Å². The number of nitrogens with one attached hydrogen (secondary N) is 2. The van der Waals surface area contributed by atoms with Gasteiger partial charge in [0.2, 0.25) is 0 Å². The van der Waals surface area contributed by atoms with E-state index in [1.165, 1.54) is 12.3 Å². The molecule has 1 atom stereocenters. The van der Waals surface area contributed by atoms with Crippen LogP contribution in [-0.4, -0.2) is 33.9 Å². The zero-order chi connectivity index (χ0) is 17.0. The number of carbonyl (C=O) groups excluding carboxylic acids is 1. The van der Waals surface area contributed by atoms with Crippen molar-refractivity contribution in [3.05, 3.63) is 41.6 Å². The van der Waals surface area contributed by atoms with Crippen LogP contribution in [0.2, 0.25) is 0 Å². The predicted molar refractivity (Wildman–Crippen MR) is 81.7 cm³/mol. The number of benzene rings is 1. The number of aromatic amines is 1. The van der Waals surface area contributed by atoms with Crippen molar-refractivity contribution in [1.82, 2.24) is 15.5 Å². The van der Waals surface area contributed by atoms with Crippen molar-refractivity contribution in [2.24, 2.45) is 5.92 Å². The van der Waals surface area contributed by atoms with Crippen molar-refractivity contribution < 1.29 is 18.7 Å². The van der Waals surface area contributed by atoms with Gasteiger partial charge in [0.1, 0.15) is 11.6 Å². The van der Waals surface area contributed by atoms with Crippen LogP contribution in [0.4, 0.5) is 8.78 Å². The average molecular weight is 323 g/mol. The Balaban J connectivity index is 2.32. The maximum Gasteiger partial charge on any atom is 0.255 e. The summed E-state index contributed by atoms with van der Waals surface area (Å²) in [4.78, 5) is 12.4. The maximum atomic E-state index is 13.9. The van der Waals surface area contributed by atoms with Gasteiger partial charge in [-0.05, 0) is 24.5 Å². The third kappa shape index (κ3) is 3.73. The monoisotopic (exact) mass is 323 g/mol. The molecule has 3 N–H and O–H groups in total. The summed E-state index contributed by atoms with van der Waals surface area (Å²) >= 11 is 0. The first-order valence-corrected chi connectivity index (χ1v) is 7.35. The number of hydrogen-bond acceptors (Lipinski definition) is 3. The normalized spacial score (nSPS) is 12.4. The van der Waals surface area contributed by atoms with Crippen molar-refractivity contribution in [1.29, 1.82) is 0 Å². The highest BCUT2D eigenvalue weighted by Gasteiger charge is 2.23. The van der Waals surface area contributed by atoms with Crippen LogP contribution in [-0.2, 0) is 0 Å². The lowest BCUT2D eigenvalue weighted by Crippen LogP contribution is -2.39. The van der Waals surface area contributed by atoms with Gasteiger partial charge >= 0.3 is 0 Å². The molecule has 1 unspecified atom stereocenters. The molecule has 0 aliphatic rings. The molecule has 2 aromatic rings. The molecule has 1 aromatic heterocycles. The van der Waals surface area contributed by atoms with Gasteiger partial charge < -0.3 is 10.4 Å². The third-order valence-corrected chi connectivity index (χ3v) is 3.66. The van der Waals surface area contributed by atoms with Crippen LogP contribution in [0.3, 0.4) is 0 Å². The van der Waals surface area contributed by atoms with Crippen LogP contribution >= 0.6 is 0 Å². The Morgan fingerprint density at radius 3 is 2.57 bits per heavy atom. The van der Waals surface area contributed by atoms with Crippen molar-refractivity contribution in [2.75, 3.05) is 6.61 Å². The van der Waals surface area contributed by atoms with Crippen molar-refractivity contribution in [3.8, 4) is 11.3 Å². The molecule has 7 heteroatoms. The number of aliphatic hydroxyl groups is 1. The summed E-state index contributed by atoms with van der Waals surface area (Å²) in [7, 11) is 0. The number of aromatic nitrogens is 2. The van der Waals surface area contributed by atoms with E-state index < -0.39 is 17.5 Å². The Morgan fingerprint density at radius 2 is 2.00 bits per heavy atom. The molecule has 1 heterocycles. The highest BCUT2D eigenvalue weighted by atomic mass is 19.1. The summed E-state index contributed by atoms with van der Waals surface area (Å²) in [5.41, 5.74) is -0.277. The van der Waals surface area contributed by atoms with Gasteiger partial charge in [-0.15, -0.1) is 0 Å². The molecular formula is C16H19F2N3O2. The van der Waals surface area contributed by atoms with E-state index in [9.17, 15) is 13.6 Å². The summed E-state index contributed by atoms with van der Waals surface area (Å²) < 4.78 is 27.8. The molecule has 5 nitrogen and oxygen atoms in total. The fourth-order valence-corrected chi connectivity index (χ4v) is 2.34. The molecule has 0 aliphatic carbocycles. The first kappa shape index (κ1) is 17.1. The van der Waals surface area contributed by atoms with Gasteiger partial charge in [0, 0.05) is 12.6 Å². The highest BCUT2D eigenvalue weighted by molar-refractivity contribution is 6.00. The molecule has 0 spiro atoms. The van der Waals surface area contributed by atoms with Gasteiger partial charge in [-0.25, -0.2) is 8.78 Å². The van der Waals surface area contributed by atoms with Gasteiger partial charge in [0.05, 0.1) is 23.0 Å². The topological polar surface area (TPSA) is 78.0 Å². The zero-order valence-corrected chi connectivity index (χ0v) is 12.9. The van der Waals surface area contributed by atoms with Gasteiger partial charge in [-0.1, -0.05) is 19.9 Å². The molecule has 0 aliphatic heterocycles. The van der Waals surface area contributed by atoms with E-state index in [4.69, 9.17) is 5.11 Å². The number of hydrogen-bond donors (Lipinski definition) is 3. The third-order valence-electron chi connectivity index (χ3n) is 3.66. The molecule has 1 amide bonds. The molecule has 0 fully saturated rings. The lowest BCUT2D eigenvalue weighted by Gasteiger charge is -2.21. The minimum Gasteiger partial charge on any atom is -0.396 e. The van der Waals surface area contributed by atoms with Gasteiger partial charge in [-0.2, -0.15) is 5.10 Å². The van der Waals surface area contributed by atoms with Gasteiger partial charge in [-0.3, -0.25) is 9.89 Å². The van der Waals surface area contributed by atoms with E-state index >= 15 is 0 Å². The standard InChI is InChI=1S/C16H19F2N3O2/c1-9(2)13(6-7-22)20-16(23)10-8-19-21-15(10)14-11(17)4-3-5-12(14)18/h3-5,8-9,13,22H,6-7H2,1-2H3,(H,19,21)(H,20,23). The predicted octanol–water partition coefficient (Wildman–Crippen LogP) is 2.49. The van der Waals surface area contributed by atoms with Crippen molar-refractivity contribution >= 4 is 5.91 Å². The smallest absolute Gasteiger partial charge is 0.255 e. The second kappa shape index (κ2) is 7.32. The van der Waals surface area contributed by atoms with Crippen LogP contribution in [0.1, 0.15) is 30.6 Å². The number of amides is 1. The molecule has 0 saturated carbocycles. The largest absolute Gasteiger partial charge is 0.396 e. The maximum absolute atomic E-state index is 13.9. The van der Waals surface area contributed by atoms with Gasteiger partial charge in [0.25, 0.3) is 5.91 Å². The minimum absolute atomic E-state index is 0.00963. The molecule has 23 heavy (non-hydrogen) atoms. The fourth-order valence-electron chi connectivity index (χ4n) is 2.34. The zero-order valence-electron chi connectivity index (χ0n) is 12.9. The summed E-state index contributed by atoms with van der Waals surface area (Å²) in [5.74, 6) is -1.95. The molecule has 124 valence electrons. The molecule has 1 aromatic carbocycles. The molecule has 2 rings (SSSR count). The average Bonchev–Trinajstić information content (AvgIpc) is 2.95. The Labute approximate surface area is 132 Å². The second-order valence-corrected chi connectivity index (χ2v) is 5.59. The lowest BCUT2D eigenvalue weighted by atomic mass is 10.00. The van der Waals surface area contributed by atoms with Crippen molar-refractivity contribution in [3.63, 3.8) is 0 Å². The Hall–Kier alpha value is -2.28. The van der Waals surface area contributed by atoms with Crippen molar-refractivity contribution in [2.45, 2.75) is 26.3 Å². The number of nitrogens with zero attached hydrogens (tertiary/aromatic N) is 1. The number of carbonyl (C=O) groups is 1. The van der Waals surface area contributed by atoms with E-state index in [1.54, 1.807) is 0 Å². The summed E-state index contributed by atoms with van der Waals surface area (Å²) in [6.07, 6.45) is 1.62. The quantitative estimate of drug-likeness (QED) is 0.764. The summed E-state index contributed by atoms with van der Waals surface area (Å²) in [5, 5.41) is 18.0. The Morgan fingerprint density at radius 1 is 1.35 bits per heavy atom. The van der Waals surface area contributed by atoms with Crippen LogP contribution < -0.4 is 5.32 Å². The Bertz CT molecular complexity index is 665. The minimum atomic E-state index is -0.779. The molecule has 0 bridgehead atoms. The number of H-pyrrole nitrogens is 1. The van der Waals surface area contributed by atoms with E-state index in [2.05, 4.69) is 15.5 Å². The number of halogens is 2. The Kier molecular flexibility index (Phi) is 5.44. The highest BCUT2D eigenvalue weighted by Crippen LogP contribution is 2.27. The molecule has 0 radical (unpaired) electrons. The van der Waals surface area contributed by atoms with Crippen LogP contribution in [0, 0.1) is 17.6 Å². The summed E-state index contributed by atoms with van der Waals surface area (Å²) in [6, 6.07) is 3.23. The van der Waals surface area contributed by atoms with Gasteiger partial charge in [0.15, 0.2) is 0 Å². The number of aliphatic hydroxyl groups excluding tert-OH is 1. The SMILES string of the molecule is CC(C)C(CCO)NC(=O)c1cn[nH]c1-c1c(F)cccc1F. The first-order chi connectivity index (χ1) is 11.0. The second-order valence-electron chi connectivity index (χ2n) is 5.59. The molecule has 0 saturated heterocycles. The van der Waals surface area contributed by atoms with E-state index in [0.717, 1.165) is 12.1 Å². The lowest BCUT2D eigenvalue weighted by molar-refractivity contribution is 0.0917. The summed E-state index contributed by atoms with van der Waals surface area (Å²) in [6.45, 7) is 3.75. The van der Waals surface area contributed by atoms with Crippen LogP contribution in [0.25, 0.3) is 11.3 Å². The number of rotatable bonds is 6. The van der Waals surface area contributed by atoms with Crippen LogP contribution in [0.5, 0.6) is 0 Å². The van der Waals surface area contributed by atoms with E-state index in [1.807, 2.05) is 13.8 Å².